The monoisotopic (exact) mass is 328 g/mol. The number of piperidine rings is 1. The fourth-order valence-electron chi connectivity index (χ4n) is 4.56. The summed E-state index contributed by atoms with van der Waals surface area (Å²) in [6, 6.07) is 8.33. The zero-order chi connectivity index (χ0) is 16.6. The van der Waals surface area contributed by atoms with Gasteiger partial charge in [0.25, 0.3) is 0 Å². The maximum Gasteiger partial charge on any atom is 0.223 e. The Morgan fingerprint density at radius 3 is 2.67 bits per heavy atom. The quantitative estimate of drug-likeness (QED) is 0.906. The second-order valence-corrected chi connectivity index (χ2v) is 7.87. The van der Waals surface area contributed by atoms with Crippen molar-refractivity contribution in [3.63, 3.8) is 0 Å². The minimum Gasteiger partial charge on any atom is -0.487 e. The molecule has 2 fully saturated rings. The van der Waals surface area contributed by atoms with Gasteiger partial charge in [-0.3, -0.25) is 4.79 Å². The van der Waals surface area contributed by atoms with Crippen molar-refractivity contribution in [3.8, 4) is 5.75 Å². The Kier molecular flexibility index (Phi) is 4.25. The number of nitrogens with zero attached hydrogens (tertiary/aromatic N) is 1. The first kappa shape index (κ1) is 15.9. The number of ether oxygens (including phenoxy) is 1. The summed E-state index contributed by atoms with van der Waals surface area (Å²) in [5.41, 5.74) is 1.03. The molecule has 130 valence electrons. The van der Waals surface area contributed by atoms with Crippen molar-refractivity contribution in [2.45, 2.75) is 56.6 Å². The number of benzene rings is 1. The lowest BCUT2D eigenvalue weighted by molar-refractivity contribution is -0.126. The van der Waals surface area contributed by atoms with Crippen LogP contribution in [-0.4, -0.2) is 36.5 Å². The fraction of sp³-hybridized carbons (Fsp3) is 0.650. The number of rotatable bonds is 2. The van der Waals surface area contributed by atoms with Crippen molar-refractivity contribution in [2.24, 2.45) is 5.92 Å². The average molecular weight is 328 g/mol. The van der Waals surface area contributed by atoms with Gasteiger partial charge < -0.3 is 15.0 Å². The first-order valence-corrected chi connectivity index (χ1v) is 9.42. The van der Waals surface area contributed by atoms with Crippen LogP contribution >= 0.6 is 0 Å². The van der Waals surface area contributed by atoms with Gasteiger partial charge in [0.2, 0.25) is 5.91 Å². The van der Waals surface area contributed by atoms with E-state index in [0.29, 0.717) is 0 Å². The van der Waals surface area contributed by atoms with E-state index in [1.807, 2.05) is 12.1 Å². The molecule has 24 heavy (non-hydrogen) atoms. The number of likely N-dealkylation sites (tertiary alicyclic amines) is 1. The van der Waals surface area contributed by atoms with Crippen LogP contribution < -0.4 is 10.1 Å². The minimum absolute atomic E-state index is 0.0893. The minimum atomic E-state index is -0.117. The second-order valence-electron chi connectivity index (χ2n) is 7.87. The maximum absolute atomic E-state index is 12.7. The predicted molar refractivity (Wildman–Crippen MR) is 94.0 cm³/mol. The van der Waals surface area contributed by atoms with Crippen molar-refractivity contribution < 1.29 is 9.53 Å². The highest BCUT2D eigenvalue weighted by Gasteiger charge is 2.43. The van der Waals surface area contributed by atoms with Crippen LogP contribution in [0.15, 0.2) is 24.3 Å². The standard InChI is InChI=1S/C20H28N2O2/c1-22-12-10-20(11-13-22)14-17(16-8-4-5-9-18(16)24-20)21-19(23)15-6-2-3-7-15/h4-5,8-9,15,17H,2-3,6-7,10-14H2,1H3,(H,21,23)/t17-/m0/s1. The number of amides is 1. The predicted octanol–water partition coefficient (Wildman–Crippen LogP) is 3.28. The summed E-state index contributed by atoms with van der Waals surface area (Å²) in [4.78, 5) is 15.0. The van der Waals surface area contributed by atoms with Gasteiger partial charge in [0.05, 0.1) is 6.04 Å². The van der Waals surface area contributed by atoms with E-state index in [4.69, 9.17) is 4.74 Å². The smallest absolute Gasteiger partial charge is 0.223 e. The molecule has 1 aromatic carbocycles. The van der Waals surface area contributed by atoms with Crippen LogP contribution in [0.2, 0.25) is 0 Å². The summed E-state index contributed by atoms with van der Waals surface area (Å²) in [6.45, 7) is 2.12. The average Bonchev–Trinajstić information content (AvgIpc) is 3.13. The zero-order valence-electron chi connectivity index (χ0n) is 14.6. The second kappa shape index (κ2) is 6.40. The molecule has 3 aliphatic rings. The topological polar surface area (TPSA) is 41.6 Å². The molecule has 2 aliphatic heterocycles. The highest BCUT2D eigenvalue weighted by Crippen LogP contribution is 2.44. The van der Waals surface area contributed by atoms with E-state index in [2.05, 4.69) is 29.4 Å². The van der Waals surface area contributed by atoms with Crippen LogP contribution in [0.5, 0.6) is 5.75 Å². The summed E-state index contributed by atoms with van der Waals surface area (Å²) >= 11 is 0. The Bertz CT molecular complexity index is 601. The molecule has 2 heterocycles. The third-order valence-corrected chi connectivity index (χ3v) is 6.14. The molecule has 1 N–H and O–H groups in total. The van der Waals surface area contributed by atoms with Crippen molar-refractivity contribution in [1.82, 2.24) is 10.2 Å². The Morgan fingerprint density at radius 1 is 1.21 bits per heavy atom. The molecule has 1 saturated heterocycles. The number of carbonyl (C=O) groups excluding carboxylic acids is 1. The molecule has 1 saturated carbocycles. The molecular formula is C20H28N2O2. The van der Waals surface area contributed by atoms with E-state index < -0.39 is 0 Å². The molecule has 1 atom stereocenters. The van der Waals surface area contributed by atoms with Crippen molar-refractivity contribution in [2.75, 3.05) is 20.1 Å². The van der Waals surface area contributed by atoms with Crippen molar-refractivity contribution in [1.29, 1.82) is 0 Å². The molecule has 0 bridgehead atoms. The first-order chi connectivity index (χ1) is 11.7. The van der Waals surface area contributed by atoms with Crippen LogP contribution in [0, 0.1) is 5.92 Å². The number of para-hydroxylation sites is 1. The lowest BCUT2D eigenvalue weighted by Crippen LogP contribution is -2.51. The molecule has 1 aliphatic carbocycles. The Morgan fingerprint density at radius 2 is 1.92 bits per heavy atom. The largest absolute Gasteiger partial charge is 0.487 e. The first-order valence-electron chi connectivity index (χ1n) is 9.42. The van der Waals surface area contributed by atoms with Crippen LogP contribution in [0.25, 0.3) is 0 Å². The molecule has 0 aromatic heterocycles. The van der Waals surface area contributed by atoms with Gasteiger partial charge in [-0.1, -0.05) is 31.0 Å². The number of hydrogen-bond acceptors (Lipinski definition) is 3. The molecule has 0 unspecified atom stereocenters. The van der Waals surface area contributed by atoms with Gasteiger partial charge in [0.1, 0.15) is 11.4 Å². The molecule has 1 amide bonds. The van der Waals surface area contributed by atoms with E-state index in [-0.39, 0.29) is 23.5 Å². The van der Waals surface area contributed by atoms with Gasteiger partial charge in [0, 0.05) is 31.0 Å². The van der Waals surface area contributed by atoms with Gasteiger partial charge in [0.15, 0.2) is 0 Å². The third-order valence-electron chi connectivity index (χ3n) is 6.14. The van der Waals surface area contributed by atoms with E-state index in [1.54, 1.807) is 0 Å². The highest BCUT2D eigenvalue weighted by molar-refractivity contribution is 5.79. The van der Waals surface area contributed by atoms with Crippen LogP contribution in [0.3, 0.4) is 0 Å². The number of carbonyl (C=O) groups is 1. The molecule has 0 radical (unpaired) electrons. The van der Waals surface area contributed by atoms with Gasteiger partial charge in [-0.2, -0.15) is 0 Å². The SMILES string of the molecule is CN1CCC2(CC1)C[C@H](NC(=O)C1CCCC1)c1ccccc1O2. The van der Waals surface area contributed by atoms with Crippen LogP contribution in [0.1, 0.15) is 56.6 Å². The molecular weight excluding hydrogens is 300 g/mol. The van der Waals surface area contributed by atoms with Gasteiger partial charge in [-0.25, -0.2) is 0 Å². The van der Waals surface area contributed by atoms with E-state index in [9.17, 15) is 4.79 Å². The van der Waals surface area contributed by atoms with Crippen LogP contribution in [-0.2, 0) is 4.79 Å². The summed E-state index contributed by atoms with van der Waals surface area (Å²) < 4.78 is 6.47. The number of nitrogens with one attached hydrogen (secondary N) is 1. The van der Waals surface area contributed by atoms with Gasteiger partial charge >= 0.3 is 0 Å². The van der Waals surface area contributed by atoms with E-state index in [1.165, 1.54) is 12.8 Å². The number of hydrogen-bond donors (Lipinski definition) is 1. The Hall–Kier alpha value is -1.55. The van der Waals surface area contributed by atoms with Gasteiger partial charge in [-0.15, -0.1) is 0 Å². The summed E-state index contributed by atoms with van der Waals surface area (Å²) in [7, 11) is 2.17. The summed E-state index contributed by atoms with van der Waals surface area (Å²) in [5.74, 6) is 1.43. The van der Waals surface area contributed by atoms with E-state index in [0.717, 1.165) is 56.5 Å². The lowest BCUT2D eigenvalue weighted by Gasteiger charge is -2.46. The fourth-order valence-corrected chi connectivity index (χ4v) is 4.56. The summed E-state index contributed by atoms with van der Waals surface area (Å²) in [6.07, 6.45) is 7.45. The number of fused-ring (bicyclic) bond motifs is 1. The molecule has 4 heteroatoms. The summed E-state index contributed by atoms with van der Waals surface area (Å²) in [5, 5.41) is 3.37. The lowest BCUT2D eigenvalue weighted by atomic mass is 9.80. The molecule has 4 rings (SSSR count). The normalized spacial score (nSPS) is 26.8. The molecule has 1 aromatic rings. The van der Waals surface area contributed by atoms with E-state index >= 15 is 0 Å². The Balaban J connectivity index is 1.56. The highest BCUT2D eigenvalue weighted by atomic mass is 16.5. The Labute approximate surface area is 144 Å². The molecule has 1 spiro atoms. The third kappa shape index (κ3) is 3.04. The van der Waals surface area contributed by atoms with Crippen molar-refractivity contribution in [3.05, 3.63) is 29.8 Å². The van der Waals surface area contributed by atoms with Gasteiger partial charge in [-0.05, 0) is 38.8 Å². The van der Waals surface area contributed by atoms with Crippen LogP contribution in [0.4, 0.5) is 0 Å². The zero-order valence-corrected chi connectivity index (χ0v) is 14.6. The maximum atomic E-state index is 12.7. The van der Waals surface area contributed by atoms with Crippen molar-refractivity contribution >= 4 is 5.91 Å². The molecule has 4 nitrogen and oxygen atoms in total.